The lowest BCUT2D eigenvalue weighted by Gasteiger charge is -2.19. The lowest BCUT2D eigenvalue weighted by Crippen LogP contribution is -2.09. The molecule has 30 heavy (non-hydrogen) atoms. The van der Waals surface area contributed by atoms with E-state index in [1.54, 1.807) is 0 Å². The molecule has 0 unspecified atom stereocenters. The van der Waals surface area contributed by atoms with E-state index in [0.29, 0.717) is 0 Å². The number of rotatable bonds is 3. The lowest BCUT2D eigenvalue weighted by atomic mass is 10.0. The van der Waals surface area contributed by atoms with E-state index in [1.165, 1.54) is 11.3 Å². The van der Waals surface area contributed by atoms with Gasteiger partial charge in [0, 0.05) is 23.3 Å². The highest BCUT2D eigenvalue weighted by atomic mass is 16.5. The fraction of sp³-hybridized carbons (Fsp3) is 0.107. The van der Waals surface area contributed by atoms with Gasteiger partial charge in [-0.1, -0.05) is 80.2 Å². The van der Waals surface area contributed by atoms with Crippen molar-refractivity contribution in [2.75, 3.05) is 14.1 Å². The van der Waals surface area contributed by atoms with Crippen LogP contribution >= 0.6 is 0 Å². The fourth-order valence-corrected chi connectivity index (χ4v) is 3.18. The first-order valence-corrected chi connectivity index (χ1v) is 9.73. The van der Waals surface area contributed by atoms with E-state index in [2.05, 4.69) is 91.5 Å². The largest absolute Gasteiger partial charge is 0.456 e. The second-order valence-corrected chi connectivity index (χ2v) is 7.17. The van der Waals surface area contributed by atoms with Crippen molar-refractivity contribution in [3.63, 3.8) is 0 Å². The van der Waals surface area contributed by atoms with Crippen LogP contribution in [0.4, 0.5) is 0 Å². The normalized spacial score (nSPS) is 14.9. The average Bonchev–Trinajstić information content (AvgIpc) is 2.79. The van der Waals surface area contributed by atoms with Crippen molar-refractivity contribution in [3.05, 3.63) is 132 Å². The van der Waals surface area contributed by atoms with Crippen LogP contribution in [0.2, 0.25) is 0 Å². The minimum absolute atomic E-state index is 0. The zero-order valence-corrected chi connectivity index (χ0v) is 16.7. The maximum Gasteiger partial charge on any atom is 0.199 e. The van der Waals surface area contributed by atoms with E-state index in [9.17, 15) is 0 Å². The van der Waals surface area contributed by atoms with Gasteiger partial charge in [-0.25, -0.2) is 4.58 Å². The van der Waals surface area contributed by atoms with Crippen molar-refractivity contribution in [1.82, 2.24) is 0 Å². The third kappa shape index (κ3) is 5.03. The molecule has 0 amide bonds. The van der Waals surface area contributed by atoms with Gasteiger partial charge in [-0.3, -0.25) is 0 Å². The molecule has 0 bridgehead atoms. The van der Waals surface area contributed by atoms with E-state index in [4.69, 9.17) is 4.74 Å². The van der Waals surface area contributed by atoms with Crippen LogP contribution in [-0.4, -0.2) is 24.4 Å². The van der Waals surface area contributed by atoms with Crippen LogP contribution in [0.1, 0.15) is 18.6 Å². The van der Waals surface area contributed by atoms with E-state index in [1.807, 2.05) is 36.4 Å². The Balaban J connectivity index is 0.00000256. The Morgan fingerprint density at radius 1 is 0.633 bits per heavy atom. The Morgan fingerprint density at radius 3 is 1.57 bits per heavy atom. The molecule has 1 heterocycles. The van der Waals surface area contributed by atoms with Gasteiger partial charge in [0.15, 0.2) is 5.71 Å². The Morgan fingerprint density at radius 2 is 1.10 bits per heavy atom. The molecule has 4 rings (SSSR count). The maximum absolute atomic E-state index is 6.24. The van der Waals surface area contributed by atoms with Crippen LogP contribution in [0.25, 0.3) is 11.5 Å². The molecule has 0 N–H and O–H groups in total. The van der Waals surface area contributed by atoms with Crippen molar-refractivity contribution in [1.29, 1.82) is 0 Å². The first-order valence-electron chi connectivity index (χ1n) is 9.73. The SMILES string of the molecule is C.C[N+](C)=C1C=CC(=CC=C2C=C(c3ccccc3)OC(c3ccccc3)=C2)C=C1. The Labute approximate surface area is 179 Å². The van der Waals surface area contributed by atoms with Crippen molar-refractivity contribution in [2.45, 2.75) is 7.43 Å². The summed E-state index contributed by atoms with van der Waals surface area (Å²) in [5, 5.41) is 0. The van der Waals surface area contributed by atoms with Gasteiger partial charge in [-0.2, -0.15) is 0 Å². The molecule has 0 saturated carbocycles. The van der Waals surface area contributed by atoms with Crippen LogP contribution in [0.15, 0.2) is 120 Å². The number of benzene rings is 2. The molecule has 0 aromatic heterocycles. The van der Waals surface area contributed by atoms with Gasteiger partial charge in [0.25, 0.3) is 0 Å². The molecule has 0 fully saturated rings. The van der Waals surface area contributed by atoms with Crippen LogP contribution in [-0.2, 0) is 4.74 Å². The molecule has 2 nitrogen and oxygen atoms in total. The number of allylic oxidation sites excluding steroid dienone is 10. The monoisotopic (exact) mass is 394 g/mol. The summed E-state index contributed by atoms with van der Waals surface area (Å²) in [6.45, 7) is 0. The summed E-state index contributed by atoms with van der Waals surface area (Å²) in [6, 6.07) is 20.4. The first-order chi connectivity index (χ1) is 14.2. The van der Waals surface area contributed by atoms with Gasteiger partial charge in [0.05, 0.1) is 0 Å². The molecule has 1 aliphatic carbocycles. The Bertz CT molecular complexity index is 1030. The number of hydrogen-bond donors (Lipinski definition) is 0. The highest BCUT2D eigenvalue weighted by Crippen LogP contribution is 2.32. The third-order valence-electron chi connectivity index (χ3n) is 4.81. The van der Waals surface area contributed by atoms with Crippen molar-refractivity contribution >= 4 is 17.2 Å². The van der Waals surface area contributed by atoms with Gasteiger partial charge in [0.2, 0.25) is 0 Å². The molecule has 2 heteroatoms. The van der Waals surface area contributed by atoms with Gasteiger partial charge in [0.1, 0.15) is 25.6 Å². The molecule has 0 atom stereocenters. The summed E-state index contributed by atoms with van der Waals surface area (Å²) in [4.78, 5) is 0. The standard InChI is InChI=1S/C27H24NO.CH4/c1-28(2)25-17-15-21(16-18-25)13-14-22-19-26(23-9-5-3-6-10-23)29-27(20-22)24-11-7-4-8-12-24;/h3-20H,1-2H3;1H4/q+1;. The summed E-state index contributed by atoms with van der Waals surface area (Å²) >= 11 is 0. The van der Waals surface area contributed by atoms with Crippen molar-refractivity contribution < 1.29 is 9.31 Å². The predicted molar refractivity (Wildman–Crippen MR) is 128 cm³/mol. The second kappa shape index (κ2) is 9.71. The molecule has 2 aromatic rings. The molecule has 2 aromatic carbocycles. The highest BCUT2D eigenvalue weighted by molar-refractivity contribution is 6.02. The van der Waals surface area contributed by atoms with E-state index < -0.39 is 0 Å². The highest BCUT2D eigenvalue weighted by Gasteiger charge is 2.14. The molecule has 0 spiro atoms. The summed E-state index contributed by atoms with van der Waals surface area (Å²) in [6.07, 6.45) is 17.0. The molecular weight excluding hydrogens is 366 g/mol. The summed E-state index contributed by atoms with van der Waals surface area (Å²) < 4.78 is 8.35. The molecule has 0 radical (unpaired) electrons. The van der Waals surface area contributed by atoms with E-state index >= 15 is 0 Å². The van der Waals surface area contributed by atoms with Crippen LogP contribution in [0, 0.1) is 0 Å². The van der Waals surface area contributed by atoms with Gasteiger partial charge < -0.3 is 4.74 Å². The molecule has 1 aliphatic heterocycles. The van der Waals surface area contributed by atoms with Crippen LogP contribution in [0.3, 0.4) is 0 Å². The Hall–Kier alpha value is -3.65. The van der Waals surface area contributed by atoms with Crippen LogP contribution < -0.4 is 0 Å². The topological polar surface area (TPSA) is 12.2 Å². The zero-order valence-electron chi connectivity index (χ0n) is 16.7. The predicted octanol–water partition coefficient (Wildman–Crippen LogP) is 6.43. The van der Waals surface area contributed by atoms with Crippen LogP contribution in [0.5, 0.6) is 0 Å². The van der Waals surface area contributed by atoms with E-state index in [-0.39, 0.29) is 7.43 Å². The van der Waals surface area contributed by atoms with Gasteiger partial charge in [-0.15, -0.1) is 0 Å². The smallest absolute Gasteiger partial charge is 0.199 e. The number of hydrogen-bond acceptors (Lipinski definition) is 1. The summed E-state index contributed by atoms with van der Waals surface area (Å²) in [7, 11) is 4.10. The van der Waals surface area contributed by atoms with Crippen molar-refractivity contribution in [2.24, 2.45) is 0 Å². The minimum atomic E-state index is 0. The zero-order chi connectivity index (χ0) is 20.1. The molecule has 150 valence electrons. The maximum atomic E-state index is 6.24. The minimum Gasteiger partial charge on any atom is -0.456 e. The van der Waals surface area contributed by atoms with Gasteiger partial charge >= 0.3 is 0 Å². The number of nitrogens with zero attached hydrogens (tertiary/aromatic N) is 1. The number of ether oxygens (including phenoxy) is 1. The first kappa shape index (κ1) is 21.1. The molecular formula is C28H28NO+. The fourth-order valence-electron chi connectivity index (χ4n) is 3.18. The molecule has 0 saturated heterocycles. The Kier molecular flexibility index (Phi) is 6.82. The lowest BCUT2D eigenvalue weighted by molar-refractivity contribution is -0.462. The second-order valence-electron chi connectivity index (χ2n) is 7.17. The summed E-state index contributed by atoms with van der Waals surface area (Å²) in [5.41, 5.74) is 5.59. The summed E-state index contributed by atoms with van der Waals surface area (Å²) in [5.74, 6) is 1.71. The van der Waals surface area contributed by atoms with E-state index in [0.717, 1.165) is 28.2 Å². The third-order valence-corrected chi connectivity index (χ3v) is 4.81. The molecule has 2 aliphatic rings. The van der Waals surface area contributed by atoms with Crippen molar-refractivity contribution in [3.8, 4) is 0 Å². The quantitative estimate of drug-likeness (QED) is 0.547. The average molecular weight is 395 g/mol. The van der Waals surface area contributed by atoms with Gasteiger partial charge in [-0.05, 0) is 35.5 Å².